The van der Waals surface area contributed by atoms with Gasteiger partial charge in [-0.05, 0) is 6.92 Å². The van der Waals surface area contributed by atoms with E-state index in [1.165, 1.54) is 0 Å². The third kappa shape index (κ3) is 4.85. The molecule has 1 amide bonds. The van der Waals surface area contributed by atoms with Gasteiger partial charge in [-0.3, -0.25) is 4.79 Å². The second-order valence-corrected chi connectivity index (χ2v) is 3.18. The topological polar surface area (TPSA) is 89.3 Å². The minimum absolute atomic E-state index is 0.119. The molecule has 0 aliphatic rings. The lowest BCUT2D eigenvalue weighted by Crippen LogP contribution is -2.34. The van der Waals surface area contributed by atoms with E-state index in [1.54, 1.807) is 14.0 Å². The molecule has 0 bridgehead atoms. The van der Waals surface area contributed by atoms with E-state index < -0.39 is 0 Å². The van der Waals surface area contributed by atoms with Gasteiger partial charge >= 0.3 is 0 Å². The van der Waals surface area contributed by atoms with Crippen LogP contribution in [0.1, 0.15) is 11.7 Å². The molecule has 0 unspecified atom stereocenters. The van der Waals surface area contributed by atoms with Crippen LogP contribution in [0, 0.1) is 6.92 Å². The maximum absolute atomic E-state index is 11.3. The molecular weight excluding hydrogens is 212 g/mol. The Balaban J connectivity index is 2.10. The molecular formula is C9H16N4O3. The monoisotopic (exact) mass is 228 g/mol. The maximum Gasteiger partial charge on any atom is 0.246 e. The lowest BCUT2D eigenvalue weighted by molar-refractivity contribution is -0.120. The van der Waals surface area contributed by atoms with E-state index in [9.17, 15) is 4.79 Å². The SMILES string of the molecule is COCCNCC(=O)NCc1nc(C)no1. The minimum atomic E-state index is -0.119. The fourth-order valence-electron chi connectivity index (χ4n) is 1.02. The van der Waals surface area contributed by atoms with Crippen molar-refractivity contribution in [3.8, 4) is 0 Å². The number of carbonyl (C=O) groups is 1. The first kappa shape index (κ1) is 12.6. The molecule has 1 heterocycles. The molecule has 1 rings (SSSR count). The van der Waals surface area contributed by atoms with Gasteiger partial charge in [0, 0.05) is 13.7 Å². The van der Waals surface area contributed by atoms with Crippen molar-refractivity contribution in [3.63, 3.8) is 0 Å². The quantitative estimate of drug-likeness (QED) is 0.596. The Hall–Kier alpha value is -1.47. The summed E-state index contributed by atoms with van der Waals surface area (Å²) in [5.41, 5.74) is 0. The molecule has 16 heavy (non-hydrogen) atoms. The standard InChI is InChI=1S/C9H16N4O3/c1-7-12-9(16-13-7)6-11-8(14)5-10-3-4-15-2/h10H,3-6H2,1-2H3,(H,11,14). The zero-order valence-electron chi connectivity index (χ0n) is 9.45. The first-order chi connectivity index (χ1) is 7.72. The normalized spacial score (nSPS) is 10.4. The molecule has 7 heteroatoms. The number of amides is 1. The van der Waals surface area contributed by atoms with Gasteiger partial charge in [-0.25, -0.2) is 0 Å². The Morgan fingerprint density at radius 3 is 3.00 bits per heavy atom. The molecule has 0 saturated heterocycles. The van der Waals surface area contributed by atoms with Gasteiger partial charge in [0.25, 0.3) is 0 Å². The number of hydrogen-bond donors (Lipinski definition) is 2. The summed E-state index contributed by atoms with van der Waals surface area (Å²) in [5, 5.41) is 9.19. The molecule has 0 aliphatic heterocycles. The highest BCUT2D eigenvalue weighted by atomic mass is 16.5. The van der Waals surface area contributed by atoms with Gasteiger partial charge in [0.1, 0.15) is 0 Å². The van der Waals surface area contributed by atoms with Crippen LogP contribution in [0.5, 0.6) is 0 Å². The zero-order valence-corrected chi connectivity index (χ0v) is 9.45. The molecule has 0 atom stereocenters. The average Bonchev–Trinajstić information content (AvgIpc) is 2.68. The molecule has 0 fully saturated rings. The van der Waals surface area contributed by atoms with E-state index in [0.29, 0.717) is 24.9 Å². The van der Waals surface area contributed by atoms with Crippen molar-refractivity contribution < 1.29 is 14.1 Å². The molecule has 0 spiro atoms. The van der Waals surface area contributed by atoms with E-state index in [1.807, 2.05) is 0 Å². The third-order valence-corrected chi connectivity index (χ3v) is 1.77. The number of rotatable bonds is 7. The van der Waals surface area contributed by atoms with Gasteiger partial charge in [-0.1, -0.05) is 5.16 Å². The van der Waals surface area contributed by atoms with E-state index in [-0.39, 0.29) is 19.0 Å². The van der Waals surface area contributed by atoms with Crippen LogP contribution in [0.4, 0.5) is 0 Å². The van der Waals surface area contributed by atoms with Gasteiger partial charge in [0.15, 0.2) is 5.82 Å². The number of nitrogens with zero attached hydrogens (tertiary/aromatic N) is 2. The van der Waals surface area contributed by atoms with Crippen LogP contribution in [0.2, 0.25) is 0 Å². The van der Waals surface area contributed by atoms with Crippen LogP contribution in [-0.4, -0.2) is 42.9 Å². The Morgan fingerprint density at radius 1 is 1.56 bits per heavy atom. The number of ether oxygens (including phenoxy) is 1. The van der Waals surface area contributed by atoms with Gasteiger partial charge in [0.05, 0.1) is 19.7 Å². The molecule has 0 aliphatic carbocycles. The summed E-state index contributed by atoms with van der Waals surface area (Å²) in [5.74, 6) is 0.845. The Bertz CT molecular complexity index is 326. The lowest BCUT2D eigenvalue weighted by Gasteiger charge is -2.03. The summed E-state index contributed by atoms with van der Waals surface area (Å²) < 4.78 is 9.67. The van der Waals surface area contributed by atoms with Crippen molar-refractivity contribution in [1.29, 1.82) is 0 Å². The third-order valence-electron chi connectivity index (χ3n) is 1.77. The summed E-state index contributed by atoms with van der Waals surface area (Å²) in [6.07, 6.45) is 0. The van der Waals surface area contributed by atoms with Crippen molar-refractivity contribution in [3.05, 3.63) is 11.7 Å². The van der Waals surface area contributed by atoms with Gasteiger partial charge < -0.3 is 19.9 Å². The molecule has 90 valence electrons. The molecule has 2 N–H and O–H groups in total. The number of nitrogens with one attached hydrogen (secondary N) is 2. The smallest absolute Gasteiger partial charge is 0.246 e. The summed E-state index contributed by atoms with van der Waals surface area (Å²) in [6.45, 7) is 3.45. The first-order valence-corrected chi connectivity index (χ1v) is 4.98. The predicted octanol–water partition coefficient (Wildman–Crippen LogP) is -0.770. The molecule has 0 saturated carbocycles. The van der Waals surface area contributed by atoms with Crippen molar-refractivity contribution in [2.75, 3.05) is 26.8 Å². The lowest BCUT2D eigenvalue weighted by atomic mass is 10.5. The van der Waals surface area contributed by atoms with Crippen LogP contribution in [0.3, 0.4) is 0 Å². The van der Waals surface area contributed by atoms with Gasteiger partial charge in [-0.15, -0.1) is 0 Å². The first-order valence-electron chi connectivity index (χ1n) is 4.98. The fraction of sp³-hybridized carbons (Fsp3) is 0.667. The molecule has 1 aromatic rings. The fourth-order valence-corrected chi connectivity index (χ4v) is 1.02. The van der Waals surface area contributed by atoms with Crippen molar-refractivity contribution in [1.82, 2.24) is 20.8 Å². The second-order valence-electron chi connectivity index (χ2n) is 3.18. The summed E-state index contributed by atoms with van der Waals surface area (Å²) >= 11 is 0. The van der Waals surface area contributed by atoms with Crippen LogP contribution >= 0.6 is 0 Å². The maximum atomic E-state index is 11.3. The number of aromatic nitrogens is 2. The molecule has 0 aromatic carbocycles. The van der Waals surface area contributed by atoms with Crippen molar-refractivity contribution in [2.24, 2.45) is 0 Å². The van der Waals surface area contributed by atoms with E-state index >= 15 is 0 Å². The predicted molar refractivity (Wildman–Crippen MR) is 55.6 cm³/mol. The summed E-state index contributed by atoms with van der Waals surface area (Å²) in [7, 11) is 1.61. The van der Waals surface area contributed by atoms with Crippen LogP contribution < -0.4 is 10.6 Å². The highest BCUT2D eigenvalue weighted by molar-refractivity contribution is 5.77. The number of aryl methyl sites for hydroxylation is 1. The second kappa shape index (κ2) is 6.91. The molecule has 1 aromatic heterocycles. The highest BCUT2D eigenvalue weighted by Gasteiger charge is 2.05. The Labute approximate surface area is 93.5 Å². The van der Waals surface area contributed by atoms with Gasteiger partial charge in [-0.2, -0.15) is 4.98 Å². The van der Waals surface area contributed by atoms with Crippen LogP contribution in [0.15, 0.2) is 4.52 Å². The Morgan fingerprint density at radius 2 is 2.38 bits per heavy atom. The van der Waals surface area contributed by atoms with Gasteiger partial charge in [0.2, 0.25) is 11.8 Å². The largest absolute Gasteiger partial charge is 0.383 e. The number of carbonyl (C=O) groups excluding carboxylic acids is 1. The van der Waals surface area contributed by atoms with Crippen molar-refractivity contribution in [2.45, 2.75) is 13.5 Å². The van der Waals surface area contributed by atoms with Crippen LogP contribution in [0.25, 0.3) is 0 Å². The molecule has 0 radical (unpaired) electrons. The molecule has 7 nitrogen and oxygen atoms in total. The van der Waals surface area contributed by atoms with E-state index in [4.69, 9.17) is 9.26 Å². The van der Waals surface area contributed by atoms with E-state index in [2.05, 4.69) is 20.8 Å². The van der Waals surface area contributed by atoms with E-state index in [0.717, 1.165) is 0 Å². The van der Waals surface area contributed by atoms with Crippen LogP contribution in [-0.2, 0) is 16.1 Å². The number of methoxy groups -OCH3 is 1. The summed E-state index contributed by atoms with van der Waals surface area (Å²) in [4.78, 5) is 15.2. The average molecular weight is 228 g/mol. The van der Waals surface area contributed by atoms with Crippen molar-refractivity contribution >= 4 is 5.91 Å². The highest BCUT2D eigenvalue weighted by Crippen LogP contribution is 1.93. The Kier molecular flexibility index (Phi) is 5.44. The minimum Gasteiger partial charge on any atom is -0.383 e. The zero-order chi connectivity index (χ0) is 11.8. The number of hydrogen-bond acceptors (Lipinski definition) is 6. The summed E-state index contributed by atoms with van der Waals surface area (Å²) in [6, 6.07) is 0.